The minimum atomic E-state index is -0.470. The molecular weight excluding hydrogens is 250 g/mol. The summed E-state index contributed by atoms with van der Waals surface area (Å²) in [7, 11) is 0. The molecule has 6 nitrogen and oxygen atoms in total. The summed E-state index contributed by atoms with van der Waals surface area (Å²) in [6.07, 6.45) is -0.297. The summed E-state index contributed by atoms with van der Waals surface area (Å²) < 4.78 is 15.2. The lowest BCUT2D eigenvalue weighted by atomic mass is 10.0. The van der Waals surface area contributed by atoms with Crippen molar-refractivity contribution in [3.63, 3.8) is 0 Å². The van der Waals surface area contributed by atoms with E-state index in [1.165, 1.54) is 0 Å². The molecule has 6 heteroatoms. The van der Waals surface area contributed by atoms with Crippen LogP contribution < -0.4 is 0 Å². The highest BCUT2D eigenvalue weighted by Crippen LogP contribution is 2.19. The third-order valence-corrected chi connectivity index (χ3v) is 2.49. The predicted octanol–water partition coefficient (Wildman–Crippen LogP) is 1.43. The van der Waals surface area contributed by atoms with Crippen LogP contribution >= 0.6 is 0 Å². The van der Waals surface area contributed by atoms with Crippen LogP contribution in [-0.2, 0) is 19.0 Å². The van der Waals surface area contributed by atoms with Gasteiger partial charge in [-0.25, -0.2) is 9.59 Å². The third kappa shape index (κ3) is 5.92. The molecule has 1 amide bonds. The normalized spacial score (nSPS) is 15.9. The Hall–Kier alpha value is -1.30. The number of hydrogen-bond acceptors (Lipinski definition) is 5. The second-order valence-corrected chi connectivity index (χ2v) is 5.57. The van der Waals surface area contributed by atoms with E-state index in [0.717, 1.165) is 0 Å². The van der Waals surface area contributed by atoms with Crippen LogP contribution in [0.3, 0.4) is 0 Å². The second-order valence-electron chi connectivity index (χ2n) is 5.57. The van der Waals surface area contributed by atoms with Gasteiger partial charge in [-0.2, -0.15) is 0 Å². The fraction of sp³-hybridized carbons (Fsp3) is 0.846. The van der Waals surface area contributed by atoms with Gasteiger partial charge in [0.05, 0.1) is 13.2 Å². The number of nitrogens with zero attached hydrogens (tertiary/aromatic N) is 1. The monoisotopic (exact) mass is 273 g/mol. The molecule has 0 N–H and O–H groups in total. The van der Waals surface area contributed by atoms with E-state index in [-0.39, 0.29) is 24.6 Å². The maximum absolute atomic E-state index is 11.6. The molecule has 1 saturated heterocycles. The highest BCUT2D eigenvalue weighted by Gasteiger charge is 2.33. The van der Waals surface area contributed by atoms with Crippen molar-refractivity contribution in [3.05, 3.63) is 0 Å². The lowest BCUT2D eigenvalue weighted by Crippen LogP contribution is -2.53. The minimum absolute atomic E-state index is 0.0310. The highest BCUT2D eigenvalue weighted by atomic mass is 16.6. The molecule has 110 valence electrons. The molecule has 0 unspecified atom stereocenters. The maximum Gasteiger partial charge on any atom is 0.410 e. The van der Waals surface area contributed by atoms with Gasteiger partial charge in [-0.1, -0.05) is 0 Å². The summed E-state index contributed by atoms with van der Waals surface area (Å²) in [6, 6.07) is 0. The summed E-state index contributed by atoms with van der Waals surface area (Å²) >= 11 is 0. The molecule has 0 aromatic rings. The van der Waals surface area contributed by atoms with E-state index in [0.29, 0.717) is 26.3 Å². The van der Waals surface area contributed by atoms with Crippen molar-refractivity contribution in [2.24, 2.45) is 5.92 Å². The van der Waals surface area contributed by atoms with Crippen LogP contribution in [0.4, 0.5) is 4.79 Å². The number of carbonyl (C=O) groups excluding carboxylic acids is 2. The SMILES string of the molecule is CCOC(=O)COCC1CN(C(=O)OC(C)(C)C)C1. The van der Waals surface area contributed by atoms with Gasteiger partial charge in [0.15, 0.2) is 0 Å². The lowest BCUT2D eigenvalue weighted by molar-refractivity contribution is -0.149. The number of amides is 1. The van der Waals surface area contributed by atoms with E-state index in [1.807, 2.05) is 20.8 Å². The third-order valence-electron chi connectivity index (χ3n) is 2.49. The first-order valence-electron chi connectivity index (χ1n) is 6.53. The molecular formula is C13H23NO5. The molecule has 0 radical (unpaired) electrons. The van der Waals surface area contributed by atoms with Crippen LogP contribution in [0.2, 0.25) is 0 Å². The smallest absolute Gasteiger partial charge is 0.410 e. The first kappa shape index (κ1) is 15.8. The first-order chi connectivity index (χ1) is 8.81. The van der Waals surface area contributed by atoms with Crippen LogP contribution in [-0.4, -0.2) is 55.5 Å². The van der Waals surface area contributed by atoms with Crippen molar-refractivity contribution in [1.82, 2.24) is 4.90 Å². The van der Waals surface area contributed by atoms with Gasteiger partial charge in [-0.05, 0) is 27.7 Å². The average molecular weight is 273 g/mol. The van der Waals surface area contributed by atoms with Crippen LogP contribution in [0, 0.1) is 5.92 Å². The zero-order valence-corrected chi connectivity index (χ0v) is 12.1. The quantitative estimate of drug-likeness (QED) is 0.709. The van der Waals surface area contributed by atoms with Crippen molar-refractivity contribution < 1.29 is 23.8 Å². The number of rotatable bonds is 5. The molecule has 1 fully saturated rings. The van der Waals surface area contributed by atoms with Gasteiger partial charge in [-0.3, -0.25) is 0 Å². The van der Waals surface area contributed by atoms with Gasteiger partial charge in [-0.15, -0.1) is 0 Å². The molecule has 19 heavy (non-hydrogen) atoms. The second kappa shape index (κ2) is 6.75. The van der Waals surface area contributed by atoms with Crippen LogP contribution in [0.25, 0.3) is 0 Å². The molecule has 0 saturated carbocycles. The van der Waals surface area contributed by atoms with Crippen molar-refractivity contribution in [3.8, 4) is 0 Å². The number of likely N-dealkylation sites (tertiary alicyclic amines) is 1. The maximum atomic E-state index is 11.6. The van der Waals surface area contributed by atoms with Gasteiger partial charge in [0.25, 0.3) is 0 Å². The summed E-state index contributed by atoms with van der Waals surface area (Å²) in [4.78, 5) is 24.3. The molecule has 0 aromatic carbocycles. The van der Waals surface area contributed by atoms with Gasteiger partial charge >= 0.3 is 12.1 Å². The van der Waals surface area contributed by atoms with Gasteiger partial charge in [0.2, 0.25) is 0 Å². The van der Waals surface area contributed by atoms with E-state index in [1.54, 1.807) is 11.8 Å². The topological polar surface area (TPSA) is 65.1 Å². The molecule has 1 aliphatic rings. The van der Waals surface area contributed by atoms with Crippen molar-refractivity contribution >= 4 is 12.1 Å². The number of esters is 1. The van der Waals surface area contributed by atoms with E-state index < -0.39 is 5.60 Å². The lowest BCUT2D eigenvalue weighted by Gasteiger charge is -2.39. The molecule has 0 spiro atoms. The number of hydrogen-bond donors (Lipinski definition) is 0. The Balaban J connectivity index is 2.10. The van der Waals surface area contributed by atoms with E-state index in [2.05, 4.69) is 0 Å². The Bertz CT molecular complexity index is 317. The number of ether oxygens (including phenoxy) is 3. The zero-order valence-electron chi connectivity index (χ0n) is 12.1. The Kier molecular flexibility index (Phi) is 5.60. The Labute approximate surface area is 114 Å². The zero-order chi connectivity index (χ0) is 14.5. The van der Waals surface area contributed by atoms with E-state index in [9.17, 15) is 9.59 Å². The van der Waals surface area contributed by atoms with Crippen molar-refractivity contribution in [2.45, 2.75) is 33.3 Å². The molecule has 0 aliphatic carbocycles. The van der Waals surface area contributed by atoms with Gasteiger partial charge in [0, 0.05) is 19.0 Å². The fourth-order valence-electron chi connectivity index (χ4n) is 1.66. The number of carbonyl (C=O) groups is 2. The summed E-state index contributed by atoms with van der Waals surface area (Å²) in [5.74, 6) is -0.0900. The molecule has 0 atom stereocenters. The van der Waals surface area contributed by atoms with Crippen LogP contribution in [0.15, 0.2) is 0 Å². The van der Waals surface area contributed by atoms with Crippen molar-refractivity contribution in [2.75, 3.05) is 32.9 Å². The predicted molar refractivity (Wildman–Crippen MR) is 68.7 cm³/mol. The van der Waals surface area contributed by atoms with Gasteiger partial charge < -0.3 is 19.1 Å². The summed E-state index contributed by atoms with van der Waals surface area (Å²) in [6.45, 7) is 9.27. The minimum Gasteiger partial charge on any atom is -0.464 e. The largest absolute Gasteiger partial charge is 0.464 e. The molecule has 0 aromatic heterocycles. The molecule has 1 aliphatic heterocycles. The van der Waals surface area contributed by atoms with Gasteiger partial charge in [0.1, 0.15) is 12.2 Å². The van der Waals surface area contributed by atoms with E-state index in [4.69, 9.17) is 14.2 Å². The Morgan fingerprint density at radius 2 is 1.89 bits per heavy atom. The fourth-order valence-corrected chi connectivity index (χ4v) is 1.66. The standard InChI is InChI=1S/C13H23NO5/c1-5-18-11(15)9-17-8-10-6-14(7-10)12(16)19-13(2,3)4/h10H,5-9H2,1-4H3. The summed E-state index contributed by atoms with van der Waals surface area (Å²) in [5, 5.41) is 0. The summed E-state index contributed by atoms with van der Waals surface area (Å²) in [5.41, 5.74) is -0.470. The highest BCUT2D eigenvalue weighted by molar-refractivity contribution is 5.70. The first-order valence-corrected chi connectivity index (χ1v) is 6.53. The van der Waals surface area contributed by atoms with Crippen molar-refractivity contribution in [1.29, 1.82) is 0 Å². The Morgan fingerprint density at radius 3 is 2.42 bits per heavy atom. The van der Waals surface area contributed by atoms with Crippen LogP contribution in [0.1, 0.15) is 27.7 Å². The Morgan fingerprint density at radius 1 is 1.26 bits per heavy atom. The molecule has 0 bridgehead atoms. The molecule has 1 rings (SSSR count). The van der Waals surface area contributed by atoms with Crippen LogP contribution in [0.5, 0.6) is 0 Å². The molecule has 1 heterocycles. The van der Waals surface area contributed by atoms with E-state index >= 15 is 0 Å². The average Bonchev–Trinajstić information content (AvgIpc) is 2.18.